The molecule has 10 heterocycles. The number of halogens is 6. The Bertz CT molecular complexity index is 7150. The molecule has 0 aliphatic carbocycles. The van der Waals surface area contributed by atoms with E-state index in [-0.39, 0.29) is 59.1 Å². The minimum atomic E-state index is -1.04. The van der Waals surface area contributed by atoms with Gasteiger partial charge in [-0.3, -0.25) is 33.4 Å². The van der Waals surface area contributed by atoms with Crippen LogP contribution in [0.15, 0.2) is 140 Å². The SMILES string of the molecule is Cc1cc(OCCCc2c3n(c4c(-c5c(C)nn(C)c5C)c(Cl)ccc24)C[C@@H](C)N(c2ccc(C(=O)O)cc2)C3=O)cc(C)c1Cl.Cc1cc(OCCCc2c3n(c4c(-c5c(C)nn(C)c5C)c(Cl)ccc24)[C@@H](C)CN(Cc2ccc(C(=O)O)cn2)C3=O)cc(C)c1Cl.Cc1cc(OCCCc2c3n(c4c(-c5c(C)nn(C)c5C)c(Cl)ccc24)[C@H](C)CN(Cc2ccc(C(=O)O)cc2)C3=O)cc(C)c1Cl. The number of benzene rings is 8. The number of carboxylic acid groups (broad SMARTS) is 3. The van der Waals surface area contributed by atoms with Gasteiger partial charge < -0.3 is 57.9 Å². The molecular formula is C109H111Cl6N13O12. The maximum Gasteiger partial charge on any atom is 0.337 e. The Hall–Kier alpha value is -12.9. The molecule has 3 atom stereocenters. The highest BCUT2D eigenvalue weighted by Crippen LogP contribution is 2.50. The number of ether oxygens (including phenoxy) is 3. The van der Waals surface area contributed by atoms with Crippen molar-refractivity contribution in [2.24, 2.45) is 21.1 Å². The van der Waals surface area contributed by atoms with Crippen molar-refractivity contribution in [2.75, 3.05) is 37.8 Å². The maximum absolute atomic E-state index is 14.6. The van der Waals surface area contributed by atoms with Gasteiger partial charge in [0.2, 0.25) is 0 Å². The van der Waals surface area contributed by atoms with Gasteiger partial charge in [0.1, 0.15) is 34.3 Å². The number of carboxylic acids is 3. The number of carbonyl (C=O) groups excluding carboxylic acids is 3. The van der Waals surface area contributed by atoms with Crippen LogP contribution in [0.4, 0.5) is 5.69 Å². The Kier molecular flexibility index (Phi) is 29.1. The predicted octanol–water partition coefficient (Wildman–Crippen LogP) is 24.8. The van der Waals surface area contributed by atoms with Gasteiger partial charge in [0.15, 0.2) is 0 Å². The van der Waals surface area contributed by atoms with E-state index in [1.807, 2.05) is 203 Å². The average molecular weight is 2010 g/mol. The van der Waals surface area contributed by atoms with Gasteiger partial charge in [0.25, 0.3) is 17.7 Å². The maximum atomic E-state index is 14.6. The van der Waals surface area contributed by atoms with Crippen molar-refractivity contribution in [1.29, 1.82) is 0 Å². The van der Waals surface area contributed by atoms with E-state index >= 15 is 0 Å². The highest BCUT2D eigenvalue weighted by Gasteiger charge is 2.42. The summed E-state index contributed by atoms with van der Waals surface area (Å²) in [6, 6.07) is 39.5. The van der Waals surface area contributed by atoms with Crippen molar-refractivity contribution in [3.8, 4) is 50.6 Å². The number of anilines is 1. The molecule has 0 saturated heterocycles. The summed E-state index contributed by atoms with van der Waals surface area (Å²) in [7, 11) is 5.76. The van der Waals surface area contributed by atoms with Gasteiger partial charge in [-0.1, -0.05) is 99.9 Å². The van der Waals surface area contributed by atoms with Gasteiger partial charge in [-0.15, -0.1) is 0 Å². The molecule has 3 aliphatic rings. The summed E-state index contributed by atoms with van der Waals surface area (Å²) >= 11 is 40.1. The van der Waals surface area contributed by atoms with Crippen molar-refractivity contribution in [3.63, 3.8) is 0 Å². The number of carbonyl (C=O) groups is 6. The third-order valence-corrected chi connectivity index (χ3v) is 30.0. The lowest BCUT2D eigenvalue weighted by atomic mass is 9.98. The first-order valence-corrected chi connectivity index (χ1v) is 48.9. The van der Waals surface area contributed by atoms with Crippen LogP contribution < -0.4 is 19.1 Å². The molecular weight excluding hydrogens is 1900 g/mol. The largest absolute Gasteiger partial charge is 0.494 e. The molecule has 18 rings (SSSR count). The van der Waals surface area contributed by atoms with Crippen molar-refractivity contribution in [1.82, 2.24) is 57.8 Å². The molecule has 0 spiro atoms. The fraction of sp³-hybridized carbons (Fsp3) is 0.321. The second-order valence-electron chi connectivity index (χ2n) is 37.1. The number of hydrogen-bond donors (Lipinski definition) is 3. The first-order valence-electron chi connectivity index (χ1n) is 46.6. The van der Waals surface area contributed by atoms with Crippen LogP contribution in [0.5, 0.6) is 17.2 Å². The molecule has 726 valence electrons. The molecule has 8 aromatic carbocycles. The molecule has 0 unspecified atom stereocenters. The monoisotopic (exact) mass is 2000 g/mol. The molecule has 7 aromatic heterocycles. The molecule has 0 fully saturated rings. The number of hydrogen-bond acceptors (Lipinski definition) is 13. The summed E-state index contributed by atoms with van der Waals surface area (Å²) in [6.45, 7) is 33.6. The number of rotatable bonds is 26. The Labute approximate surface area is 842 Å². The highest BCUT2D eigenvalue weighted by atomic mass is 35.5. The van der Waals surface area contributed by atoms with E-state index < -0.39 is 17.9 Å². The minimum absolute atomic E-state index is 0.0528. The molecule has 15 aromatic rings. The average Bonchev–Trinajstić information content (AvgIpc) is 1.55. The quantitative estimate of drug-likeness (QED) is 0.0425. The zero-order valence-electron chi connectivity index (χ0n) is 81.5. The van der Waals surface area contributed by atoms with E-state index in [1.165, 1.54) is 24.4 Å². The van der Waals surface area contributed by atoms with E-state index in [9.17, 15) is 44.1 Å². The lowest BCUT2D eigenvalue weighted by molar-refractivity contribution is 0.0655. The number of fused-ring (bicyclic) bond motifs is 9. The molecule has 140 heavy (non-hydrogen) atoms. The minimum Gasteiger partial charge on any atom is -0.494 e. The van der Waals surface area contributed by atoms with Gasteiger partial charge in [-0.05, 0) is 301 Å². The van der Waals surface area contributed by atoms with E-state index in [0.717, 1.165) is 188 Å². The third-order valence-electron chi connectivity index (χ3n) is 27.3. The van der Waals surface area contributed by atoms with Crippen molar-refractivity contribution >= 4 is 144 Å². The Morgan fingerprint density at radius 3 is 1.06 bits per heavy atom. The number of nitrogens with zero attached hydrogens (tertiary/aromatic N) is 13. The van der Waals surface area contributed by atoms with Crippen LogP contribution in [0.1, 0.15) is 210 Å². The lowest BCUT2D eigenvalue weighted by Gasteiger charge is -2.35. The number of aryl methyl sites for hydroxylation is 15. The number of aromatic carboxylic acids is 3. The molecule has 0 radical (unpaired) electrons. The Morgan fingerprint density at radius 1 is 0.386 bits per heavy atom. The fourth-order valence-electron chi connectivity index (χ4n) is 20.5. The summed E-state index contributed by atoms with van der Waals surface area (Å²) in [5, 5.41) is 49.1. The summed E-state index contributed by atoms with van der Waals surface area (Å²) in [5.41, 5.74) is 27.1. The molecule has 0 saturated carbocycles. The van der Waals surface area contributed by atoms with Crippen LogP contribution in [0.25, 0.3) is 66.1 Å². The first kappa shape index (κ1) is 100. The van der Waals surface area contributed by atoms with Crippen LogP contribution in [0, 0.1) is 83.1 Å². The molecule has 31 heteroatoms. The van der Waals surface area contributed by atoms with Gasteiger partial charge in [-0.2, -0.15) is 15.3 Å². The topological polar surface area (TPSA) is 282 Å². The highest BCUT2D eigenvalue weighted by molar-refractivity contribution is 6.37. The van der Waals surface area contributed by atoms with Gasteiger partial charge >= 0.3 is 17.9 Å². The second kappa shape index (κ2) is 40.7. The van der Waals surface area contributed by atoms with E-state index in [4.69, 9.17) is 83.8 Å². The van der Waals surface area contributed by atoms with E-state index in [2.05, 4.69) is 47.8 Å². The third kappa shape index (κ3) is 19.2. The number of aromatic nitrogens is 10. The zero-order valence-corrected chi connectivity index (χ0v) is 86.0. The summed E-state index contributed by atoms with van der Waals surface area (Å²) in [6.07, 6.45) is 5.19. The number of amides is 3. The fourth-order valence-corrected chi connectivity index (χ4v) is 21.5. The normalized spacial score (nSPS) is 14.6. The van der Waals surface area contributed by atoms with E-state index in [1.54, 1.807) is 52.3 Å². The van der Waals surface area contributed by atoms with Crippen LogP contribution in [0.3, 0.4) is 0 Å². The van der Waals surface area contributed by atoms with Crippen LogP contribution in [0.2, 0.25) is 30.1 Å². The molecule has 3 amide bonds. The standard InChI is InChI=1S/C37H38Cl2N4O4.C36H37Cl2N5O4.C36H36Cl2N4O4/c1-20-16-27(17-21(2)33(20)39)47-15-7-8-28-29-13-14-30(38)32(31-23(4)40-41(6)24(31)5)34(29)43-22(3)18-42(36(44)35(28)43)19-25-9-11-26(12-10-25)37(45)46;1-19-14-26(15-20(2)32(19)38)47-13-7-8-27-28-11-12-29(37)31(30-22(4)40-41(6)23(30)5)33(28)43-21(3)17-42(35(44)34(27)43)18-25-10-9-24(16-39-25)36(45)46;1-19-16-26(17-20(2)32(19)38)46-15-7-8-27-28-13-14-29(37)31(30-22(4)39-40(6)23(30)5)33(28)41-18-21(3)42(35(43)34(27)41)25-11-9-24(10-12-25)36(44)45/h9-14,16-17,22H,7-8,15,18-19H2,1-6H3,(H,45,46);9-12,14-16,21H,7-8,13,17-18H2,1-6H3,(H,45,46);9-14,16-17,21H,7-8,15,18H2,1-6H3,(H,44,45)/t22-;2*21-/m101/s1. The van der Waals surface area contributed by atoms with Crippen molar-refractivity contribution < 1.29 is 58.3 Å². The van der Waals surface area contributed by atoms with Crippen molar-refractivity contribution in [2.45, 2.75) is 180 Å². The Balaban J connectivity index is 0.000000151. The number of pyridine rings is 1. The van der Waals surface area contributed by atoms with Crippen LogP contribution in [-0.4, -0.2) is 148 Å². The summed E-state index contributed by atoms with van der Waals surface area (Å²) in [5.74, 6) is -1.04. The molecule has 3 N–H and O–H groups in total. The second-order valence-corrected chi connectivity index (χ2v) is 39.4. The Morgan fingerprint density at radius 2 is 0.721 bits per heavy atom. The van der Waals surface area contributed by atoms with Gasteiger partial charge in [0.05, 0.1) is 103 Å². The van der Waals surface area contributed by atoms with Gasteiger partial charge in [0, 0.05) is 153 Å². The van der Waals surface area contributed by atoms with Crippen molar-refractivity contribution in [3.05, 3.63) is 299 Å². The lowest BCUT2D eigenvalue weighted by Crippen LogP contribution is -2.47. The van der Waals surface area contributed by atoms with Crippen LogP contribution in [-0.2, 0) is 60.0 Å². The summed E-state index contributed by atoms with van der Waals surface area (Å²) in [4.78, 5) is 87.5. The van der Waals surface area contributed by atoms with E-state index in [0.29, 0.717) is 128 Å². The summed E-state index contributed by atoms with van der Waals surface area (Å²) < 4.78 is 30.5. The molecule has 0 bridgehead atoms. The van der Waals surface area contributed by atoms with Crippen LogP contribution >= 0.6 is 69.6 Å². The van der Waals surface area contributed by atoms with Gasteiger partial charge in [-0.25, -0.2) is 14.4 Å². The predicted molar refractivity (Wildman–Crippen MR) is 553 cm³/mol. The molecule has 25 nitrogen and oxygen atoms in total. The molecule has 3 aliphatic heterocycles. The first-order chi connectivity index (χ1) is 66.6. The smallest absolute Gasteiger partial charge is 0.337 e. The zero-order chi connectivity index (χ0) is 100.